The van der Waals surface area contributed by atoms with Gasteiger partial charge >= 0.3 is 5.97 Å². The minimum atomic E-state index is -0.512. The second kappa shape index (κ2) is 7.28. The molecule has 1 atom stereocenters. The number of benzene rings is 2. The third-order valence-electron chi connectivity index (χ3n) is 3.38. The van der Waals surface area contributed by atoms with Crippen LogP contribution in [0.25, 0.3) is 0 Å². The third kappa shape index (κ3) is 4.33. The first-order valence-corrected chi connectivity index (χ1v) is 7.18. The van der Waals surface area contributed by atoms with E-state index in [1.54, 1.807) is 55.5 Å². The average molecular weight is 326 g/mol. The Kier molecular flexibility index (Phi) is 5.16. The van der Waals surface area contributed by atoms with Crippen molar-refractivity contribution in [3.63, 3.8) is 0 Å². The van der Waals surface area contributed by atoms with Crippen LogP contribution >= 0.6 is 0 Å². The first-order valence-electron chi connectivity index (χ1n) is 7.18. The number of rotatable bonds is 5. The summed E-state index contributed by atoms with van der Waals surface area (Å²) in [6, 6.07) is 12.9. The molecule has 7 nitrogen and oxygen atoms in total. The van der Waals surface area contributed by atoms with Gasteiger partial charge in [-0.05, 0) is 48.9 Å². The van der Waals surface area contributed by atoms with Gasteiger partial charge in [-0.1, -0.05) is 12.1 Å². The second-order valence-corrected chi connectivity index (χ2v) is 5.17. The molecule has 0 aliphatic heterocycles. The second-order valence-electron chi connectivity index (χ2n) is 5.17. The highest BCUT2D eigenvalue weighted by molar-refractivity contribution is 5.91. The van der Waals surface area contributed by atoms with Gasteiger partial charge in [0.2, 0.25) is 5.91 Å². The lowest BCUT2D eigenvalue weighted by molar-refractivity contribution is -0.119. The number of carbonyl (C=O) groups is 2. The summed E-state index contributed by atoms with van der Waals surface area (Å²) < 4.78 is 5.28. The Bertz CT molecular complexity index is 763. The van der Waals surface area contributed by atoms with Crippen LogP contribution in [0, 0.1) is 0 Å². The molecule has 0 heterocycles. The van der Waals surface area contributed by atoms with Crippen molar-refractivity contribution in [2.75, 3.05) is 0 Å². The van der Waals surface area contributed by atoms with Gasteiger partial charge in [-0.3, -0.25) is 4.79 Å². The fourth-order valence-electron chi connectivity index (χ4n) is 1.98. The summed E-state index contributed by atoms with van der Waals surface area (Å²) in [5, 5.41) is 0. The van der Waals surface area contributed by atoms with Crippen LogP contribution in [-0.4, -0.2) is 17.8 Å². The molecule has 0 spiro atoms. The SMILES string of the molecule is CC(C(N)=O)c1ccc(OC(=O)c2ccc(N=C(N)N)cc2)cc1. The van der Waals surface area contributed by atoms with Crippen molar-refractivity contribution in [2.45, 2.75) is 12.8 Å². The Morgan fingerprint density at radius 2 is 1.54 bits per heavy atom. The highest BCUT2D eigenvalue weighted by atomic mass is 16.5. The lowest BCUT2D eigenvalue weighted by Gasteiger charge is -2.09. The third-order valence-corrected chi connectivity index (χ3v) is 3.38. The molecule has 24 heavy (non-hydrogen) atoms. The summed E-state index contributed by atoms with van der Waals surface area (Å²) in [7, 11) is 0. The molecule has 0 aromatic heterocycles. The summed E-state index contributed by atoms with van der Waals surface area (Å²) >= 11 is 0. The molecule has 0 saturated heterocycles. The molecular formula is C17H18N4O3. The van der Waals surface area contributed by atoms with E-state index in [1.807, 2.05) is 0 Å². The van der Waals surface area contributed by atoms with Gasteiger partial charge in [0, 0.05) is 0 Å². The van der Waals surface area contributed by atoms with Crippen molar-refractivity contribution in [1.29, 1.82) is 0 Å². The zero-order chi connectivity index (χ0) is 17.7. The van der Waals surface area contributed by atoms with E-state index in [0.29, 0.717) is 17.0 Å². The molecule has 1 unspecified atom stereocenters. The maximum Gasteiger partial charge on any atom is 0.343 e. The Balaban J connectivity index is 2.06. The topological polar surface area (TPSA) is 134 Å². The number of amides is 1. The van der Waals surface area contributed by atoms with E-state index in [4.69, 9.17) is 21.9 Å². The molecule has 0 fully saturated rings. The number of carbonyl (C=O) groups excluding carboxylic acids is 2. The Hall–Kier alpha value is -3.35. The molecule has 2 rings (SSSR count). The smallest absolute Gasteiger partial charge is 0.343 e. The average Bonchev–Trinajstić information content (AvgIpc) is 2.55. The van der Waals surface area contributed by atoms with E-state index in [9.17, 15) is 9.59 Å². The van der Waals surface area contributed by atoms with Crippen molar-refractivity contribution >= 4 is 23.5 Å². The zero-order valence-electron chi connectivity index (χ0n) is 13.1. The molecule has 0 bridgehead atoms. The maximum absolute atomic E-state index is 12.1. The largest absolute Gasteiger partial charge is 0.423 e. The van der Waals surface area contributed by atoms with Gasteiger partial charge in [0.05, 0.1) is 17.2 Å². The van der Waals surface area contributed by atoms with Crippen LogP contribution in [-0.2, 0) is 4.79 Å². The summed E-state index contributed by atoms with van der Waals surface area (Å²) in [5.41, 5.74) is 17.5. The van der Waals surface area contributed by atoms with Gasteiger partial charge in [0.1, 0.15) is 5.75 Å². The first-order chi connectivity index (χ1) is 11.4. The van der Waals surface area contributed by atoms with E-state index in [0.717, 1.165) is 5.56 Å². The van der Waals surface area contributed by atoms with Crippen molar-refractivity contribution < 1.29 is 14.3 Å². The summed E-state index contributed by atoms with van der Waals surface area (Å²) in [4.78, 5) is 27.1. The van der Waals surface area contributed by atoms with Gasteiger partial charge in [-0.25, -0.2) is 9.79 Å². The van der Waals surface area contributed by atoms with Crippen molar-refractivity contribution in [3.05, 3.63) is 59.7 Å². The fourth-order valence-corrected chi connectivity index (χ4v) is 1.98. The number of hydrogen-bond acceptors (Lipinski definition) is 4. The highest BCUT2D eigenvalue weighted by Gasteiger charge is 2.13. The molecule has 2 aromatic carbocycles. The first kappa shape index (κ1) is 17.0. The number of aliphatic imine (C=N–C) groups is 1. The van der Waals surface area contributed by atoms with Crippen LogP contribution in [0.4, 0.5) is 5.69 Å². The maximum atomic E-state index is 12.1. The number of guanidine groups is 1. The number of ether oxygens (including phenoxy) is 1. The molecule has 0 radical (unpaired) electrons. The number of esters is 1. The Labute approximate surface area is 139 Å². The van der Waals surface area contributed by atoms with Gasteiger partial charge < -0.3 is 21.9 Å². The van der Waals surface area contributed by atoms with Gasteiger partial charge in [0.15, 0.2) is 5.96 Å². The van der Waals surface area contributed by atoms with Crippen LogP contribution in [0.5, 0.6) is 5.75 Å². The van der Waals surface area contributed by atoms with Crippen LogP contribution in [0.3, 0.4) is 0 Å². The predicted octanol–water partition coefficient (Wildman–Crippen LogP) is 1.40. The normalized spacial score (nSPS) is 11.4. The minimum Gasteiger partial charge on any atom is -0.423 e. The number of primary amides is 1. The number of nitrogens with two attached hydrogens (primary N) is 3. The summed E-state index contributed by atoms with van der Waals surface area (Å²) in [6.07, 6.45) is 0. The molecule has 7 heteroatoms. The van der Waals surface area contributed by atoms with Crippen LogP contribution < -0.4 is 21.9 Å². The number of hydrogen-bond donors (Lipinski definition) is 3. The fraction of sp³-hybridized carbons (Fsp3) is 0.118. The van der Waals surface area contributed by atoms with Gasteiger partial charge in [-0.15, -0.1) is 0 Å². The monoisotopic (exact) mass is 326 g/mol. The van der Waals surface area contributed by atoms with E-state index in [1.165, 1.54) is 0 Å². The Morgan fingerprint density at radius 3 is 2.04 bits per heavy atom. The van der Waals surface area contributed by atoms with E-state index in [-0.39, 0.29) is 5.96 Å². The standard InChI is InChI=1S/C17H18N4O3/c1-10(15(18)22)11-4-8-14(9-5-11)24-16(23)12-2-6-13(7-3-12)21-17(19)20/h2-10H,1H3,(H2,18,22)(H4,19,20,21). The highest BCUT2D eigenvalue weighted by Crippen LogP contribution is 2.20. The van der Waals surface area contributed by atoms with Gasteiger partial charge in [-0.2, -0.15) is 0 Å². The van der Waals surface area contributed by atoms with Crippen LogP contribution in [0.2, 0.25) is 0 Å². The van der Waals surface area contributed by atoms with E-state index >= 15 is 0 Å². The minimum absolute atomic E-state index is 0.0596. The lowest BCUT2D eigenvalue weighted by Crippen LogP contribution is -2.21. The van der Waals surface area contributed by atoms with Crippen molar-refractivity contribution in [2.24, 2.45) is 22.2 Å². The van der Waals surface area contributed by atoms with E-state index in [2.05, 4.69) is 4.99 Å². The van der Waals surface area contributed by atoms with Crippen LogP contribution in [0.15, 0.2) is 53.5 Å². The van der Waals surface area contributed by atoms with Crippen molar-refractivity contribution in [3.8, 4) is 5.75 Å². The molecule has 0 aliphatic carbocycles. The molecule has 124 valence electrons. The Morgan fingerprint density at radius 1 is 0.958 bits per heavy atom. The molecule has 2 aromatic rings. The predicted molar refractivity (Wildman–Crippen MR) is 90.9 cm³/mol. The zero-order valence-corrected chi connectivity index (χ0v) is 13.1. The van der Waals surface area contributed by atoms with Crippen molar-refractivity contribution in [1.82, 2.24) is 0 Å². The molecule has 1 amide bonds. The van der Waals surface area contributed by atoms with Gasteiger partial charge in [0.25, 0.3) is 0 Å². The number of nitrogens with zero attached hydrogens (tertiary/aromatic N) is 1. The molecule has 6 N–H and O–H groups in total. The molecule has 0 aliphatic rings. The van der Waals surface area contributed by atoms with E-state index < -0.39 is 17.8 Å². The molecular weight excluding hydrogens is 308 g/mol. The molecule has 0 saturated carbocycles. The summed E-state index contributed by atoms with van der Waals surface area (Å²) in [5.74, 6) is -1.02. The van der Waals surface area contributed by atoms with Crippen LogP contribution in [0.1, 0.15) is 28.8 Å². The quantitative estimate of drug-likeness (QED) is 0.330. The summed E-state index contributed by atoms with van der Waals surface area (Å²) in [6.45, 7) is 1.71. The lowest BCUT2D eigenvalue weighted by atomic mass is 10.0.